The Bertz CT molecular complexity index is 907. The lowest BCUT2D eigenvalue weighted by molar-refractivity contribution is -0.116. The molecule has 1 amide bonds. The number of benzene rings is 2. The maximum absolute atomic E-state index is 12.5. The molecular weight excluding hydrogens is 386 g/mol. The fourth-order valence-corrected chi connectivity index (χ4v) is 4.06. The van der Waals surface area contributed by atoms with Crippen LogP contribution in [-0.4, -0.2) is 26.4 Å². The molecule has 0 aliphatic rings. The normalized spacial score (nSPS) is 13.7. The first kappa shape index (κ1) is 22.9. The molecule has 0 fully saturated rings. The third-order valence-electron chi connectivity index (χ3n) is 4.69. The van der Waals surface area contributed by atoms with Crippen molar-refractivity contribution in [3.8, 4) is 0 Å². The number of sulfonamides is 1. The van der Waals surface area contributed by atoms with E-state index in [4.69, 9.17) is 0 Å². The molecule has 3 N–H and O–H groups in total. The van der Waals surface area contributed by atoms with Crippen LogP contribution in [0.15, 0.2) is 53.4 Å². The number of carbonyl (C=O) groups is 1. The average Bonchev–Trinajstić information content (AvgIpc) is 2.67. The monoisotopic (exact) mass is 417 g/mol. The van der Waals surface area contributed by atoms with Crippen molar-refractivity contribution in [3.63, 3.8) is 0 Å². The van der Waals surface area contributed by atoms with E-state index in [-0.39, 0.29) is 16.8 Å². The van der Waals surface area contributed by atoms with Gasteiger partial charge in [-0.05, 0) is 75.1 Å². The molecule has 0 saturated carbocycles. The van der Waals surface area contributed by atoms with E-state index < -0.39 is 16.1 Å². The van der Waals surface area contributed by atoms with E-state index in [0.717, 1.165) is 12.1 Å². The van der Waals surface area contributed by atoms with E-state index in [1.807, 2.05) is 12.1 Å². The summed E-state index contributed by atoms with van der Waals surface area (Å²) in [5.74, 6) is 0.305. The van der Waals surface area contributed by atoms with Crippen LogP contribution in [0.4, 0.5) is 11.4 Å². The summed E-state index contributed by atoms with van der Waals surface area (Å²) in [4.78, 5) is 12.6. The van der Waals surface area contributed by atoms with Crippen molar-refractivity contribution in [1.82, 2.24) is 4.72 Å². The number of rotatable bonds is 9. The van der Waals surface area contributed by atoms with Crippen molar-refractivity contribution in [2.24, 2.45) is 0 Å². The van der Waals surface area contributed by atoms with Crippen LogP contribution in [0.3, 0.4) is 0 Å². The van der Waals surface area contributed by atoms with Crippen LogP contribution < -0.4 is 15.4 Å². The molecule has 0 saturated heterocycles. The van der Waals surface area contributed by atoms with Crippen LogP contribution in [0.1, 0.15) is 52.5 Å². The Morgan fingerprint density at radius 3 is 1.97 bits per heavy atom. The summed E-state index contributed by atoms with van der Waals surface area (Å²) in [5.41, 5.74) is 2.69. The van der Waals surface area contributed by atoms with E-state index in [1.165, 1.54) is 17.7 Å². The van der Waals surface area contributed by atoms with Gasteiger partial charge in [-0.15, -0.1) is 0 Å². The van der Waals surface area contributed by atoms with Gasteiger partial charge in [-0.25, -0.2) is 13.1 Å². The highest BCUT2D eigenvalue weighted by atomic mass is 32.2. The molecule has 0 spiro atoms. The lowest BCUT2D eigenvalue weighted by atomic mass is 9.98. The Morgan fingerprint density at radius 2 is 1.45 bits per heavy atom. The largest absolute Gasteiger partial charge is 0.374 e. The van der Waals surface area contributed by atoms with Crippen molar-refractivity contribution in [3.05, 3.63) is 54.1 Å². The fourth-order valence-electron chi connectivity index (χ4n) is 2.81. The summed E-state index contributed by atoms with van der Waals surface area (Å²) in [6, 6.07) is 13.6. The lowest BCUT2D eigenvalue weighted by Crippen LogP contribution is -2.32. The molecule has 0 bridgehead atoms. The Morgan fingerprint density at radius 1 is 0.897 bits per heavy atom. The highest BCUT2D eigenvalue weighted by Crippen LogP contribution is 2.21. The van der Waals surface area contributed by atoms with E-state index in [0.29, 0.717) is 11.6 Å². The zero-order chi connectivity index (χ0) is 21.6. The number of hydrogen-bond acceptors (Lipinski definition) is 4. The minimum Gasteiger partial charge on any atom is -0.374 e. The second-order valence-electron chi connectivity index (χ2n) is 7.59. The highest BCUT2D eigenvalue weighted by Gasteiger charge is 2.16. The second-order valence-corrected chi connectivity index (χ2v) is 9.30. The van der Waals surface area contributed by atoms with Gasteiger partial charge in [0.1, 0.15) is 6.04 Å². The molecule has 29 heavy (non-hydrogen) atoms. The molecule has 2 atom stereocenters. The molecule has 0 aliphatic carbocycles. The van der Waals surface area contributed by atoms with Gasteiger partial charge in [-0.3, -0.25) is 4.79 Å². The Hall–Kier alpha value is -2.38. The van der Waals surface area contributed by atoms with Gasteiger partial charge < -0.3 is 10.6 Å². The highest BCUT2D eigenvalue weighted by molar-refractivity contribution is 7.89. The Labute approximate surface area is 174 Å². The van der Waals surface area contributed by atoms with Gasteiger partial charge in [0.2, 0.25) is 15.9 Å². The smallest absolute Gasteiger partial charge is 0.246 e. The van der Waals surface area contributed by atoms with Crippen LogP contribution in [0.25, 0.3) is 0 Å². The predicted molar refractivity (Wildman–Crippen MR) is 119 cm³/mol. The number of carbonyl (C=O) groups excluding carboxylic acids is 1. The third-order valence-corrected chi connectivity index (χ3v) is 6.37. The SMILES string of the molecule is CC[C@@H](C)c1ccc(N[C@H](C)C(=O)Nc2ccc(S(=O)(=O)NC(C)C)cc2)cc1. The van der Waals surface area contributed by atoms with Gasteiger partial charge in [0, 0.05) is 17.4 Å². The van der Waals surface area contributed by atoms with E-state index in [1.54, 1.807) is 32.9 Å². The average molecular weight is 418 g/mol. The molecule has 6 nitrogen and oxygen atoms in total. The quantitative estimate of drug-likeness (QED) is 0.567. The Kier molecular flexibility index (Phi) is 7.81. The zero-order valence-corrected chi connectivity index (χ0v) is 18.5. The maximum Gasteiger partial charge on any atom is 0.246 e. The first-order valence-corrected chi connectivity index (χ1v) is 11.4. The Balaban J connectivity index is 1.97. The topological polar surface area (TPSA) is 87.3 Å². The van der Waals surface area contributed by atoms with Crippen LogP contribution in [0, 0.1) is 0 Å². The van der Waals surface area contributed by atoms with Crippen molar-refractivity contribution >= 4 is 27.3 Å². The summed E-state index contributed by atoms with van der Waals surface area (Å²) in [6.07, 6.45) is 1.08. The molecule has 158 valence electrons. The van der Waals surface area contributed by atoms with Crippen molar-refractivity contribution < 1.29 is 13.2 Å². The molecule has 2 aromatic carbocycles. The summed E-state index contributed by atoms with van der Waals surface area (Å²) >= 11 is 0. The van der Waals surface area contributed by atoms with E-state index in [2.05, 4.69) is 41.3 Å². The van der Waals surface area contributed by atoms with E-state index in [9.17, 15) is 13.2 Å². The zero-order valence-electron chi connectivity index (χ0n) is 17.7. The molecule has 2 rings (SSSR count). The first-order valence-electron chi connectivity index (χ1n) is 9.92. The van der Waals surface area contributed by atoms with Crippen LogP contribution in [-0.2, 0) is 14.8 Å². The van der Waals surface area contributed by atoms with Gasteiger partial charge >= 0.3 is 0 Å². The number of anilines is 2. The number of amides is 1. The van der Waals surface area contributed by atoms with Gasteiger partial charge in [0.05, 0.1) is 4.90 Å². The van der Waals surface area contributed by atoms with Crippen molar-refractivity contribution in [2.75, 3.05) is 10.6 Å². The molecule has 7 heteroatoms. The lowest BCUT2D eigenvalue weighted by Gasteiger charge is -2.17. The maximum atomic E-state index is 12.5. The van der Waals surface area contributed by atoms with Crippen LogP contribution >= 0.6 is 0 Å². The standard InChI is InChI=1S/C22H31N3O3S/c1-6-16(4)18-7-9-19(10-8-18)23-17(5)22(26)24-20-11-13-21(14-12-20)29(27,28)25-15(2)3/h7-17,23,25H,6H2,1-5H3,(H,24,26)/t16-,17-/m1/s1. The first-order chi connectivity index (χ1) is 13.6. The summed E-state index contributed by atoms with van der Waals surface area (Å²) in [5, 5.41) is 5.99. The minimum absolute atomic E-state index is 0.164. The number of nitrogens with one attached hydrogen (secondary N) is 3. The molecular formula is C22H31N3O3S. The van der Waals surface area contributed by atoms with Gasteiger partial charge in [0.25, 0.3) is 0 Å². The molecule has 0 aromatic heterocycles. The summed E-state index contributed by atoms with van der Waals surface area (Å²) < 4.78 is 26.9. The third kappa shape index (κ3) is 6.58. The van der Waals surface area contributed by atoms with Crippen molar-refractivity contribution in [1.29, 1.82) is 0 Å². The summed E-state index contributed by atoms with van der Waals surface area (Å²) in [6.45, 7) is 9.65. The predicted octanol–water partition coefficient (Wildman–Crippen LogP) is 4.33. The number of hydrogen-bond donors (Lipinski definition) is 3. The van der Waals surface area contributed by atoms with Crippen molar-refractivity contribution in [2.45, 2.75) is 63.9 Å². The molecule has 0 aliphatic heterocycles. The van der Waals surface area contributed by atoms with E-state index >= 15 is 0 Å². The van der Waals surface area contributed by atoms with Crippen LogP contribution in [0.2, 0.25) is 0 Å². The van der Waals surface area contributed by atoms with Gasteiger partial charge in [-0.1, -0.05) is 26.0 Å². The molecule has 2 aromatic rings. The van der Waals surface area contributed by atoms with Gasteiger partial charge in [0.15, 0.2) is 0 Å². The fraction of sp³-hybridized carbons (Fsp3) is 0.409. The second kappa shape index (κ2) is 9.89. The molecule has 0 radical (unpaired) electrons. The summed E-state index contributed by atoms with van der Waals surface area (Å²) in [7, 11) is -3.55. The van der Waals surface area contributed by atoms with Gasteiger partial charge in [-0.2, -0.15) is 0 Å². The van der Waals surface area contributed by atoms with Crippen LogP contribution in [0.5, 0.6) is 0 Å². The molecule has 0 unspecified atom stereocenters. The minimum atomic E-state index is -3.55. The molecule has 0 heterocycles.